The summed E-state index contributed by atoms with van der Waals surface area (Å²) in [6.07, 6.45) is 8.44. The maximum atomic E-state index is 5.64. The Kier molecular flexibility index (Phi) is 4.63. The molecule has 116 valence electrons. The van der Waals surface area contributed by atoms with E-state index in [1.165, 1.54) is 5.56 Å². The van der Waals surface area contributed by atoms with Crippen molar-refractivity contribution < 1.29 is 4.74 Å². The predicted octanol–water partition coefficient (Wildman–Crippen LogP) is 2.66. The molecular formula is C17H22N4O. The van der Waals surface area contributed by atoms with Crippen LogP contribution in [0.2, 0.25) is 0 Å². The van der Waals surface area contributed by atoms with Gasteiger partial charge in [-0.2, -0.15) is 0 Å². The lowest BCUT2D eigenvalue weighted by atomic mass is 9.95. The van der Waals surface area contributed by atoms with Crippen molar-refractivity contribution >= 4 is 5.95 Å². The summed E-state index contributed by atoms with van der Waals surface area (Å²) in [6.45, 7) is 5.75. The van der Waals surface area contributed by atoms with E-state index in [0.717, 1.165) is 18.6 Å². The summed E-state index contributed by atoms with van der Waals surface area (Å²) < 4.78 is 5.64. The third-order valence-electron chi connectivity index (χ3n) is 4.10. The van der Waals surface area contributed by atoms with E-state index in [0.29, 0.717) is 24.4 Å². The molecule has 2 atom stereocenters. The maximum Gasteiger partial charge on any atom is 0.222 e. The highest BCUT2D eigenvalue weighted by atomic mass is 16.5. The fourth-order valence-electron chi connectivity index (χ4n) is 2.66. The van der Waals surface area contributed by atoms with Crippen LogP contribution in [0.25, 0.3) is 0 Å². The highest BCUT2D eigenvalue weighted by Gasteiger charge is 2.28. The molecule has 2 aromatic heterocycles. The Morgan fingerprint density at radius 1 is 1.18 bits per heavy atom. The van der Waals surface area contributed by atoms with Gasteiger partial charge < -0.3 is 10.1 Å². The fraction of sp³-hybridized carbons (Fsp3) is 0.471. The van der Waals surface area contributed by atoms with Crippen molar-refractivity contribution in [2.75, 3.05) is 18.5 Å². The minimum atomic E-state index is 0.248. The van der Waals surface area contributed by atoms with E-state index >= 15 is 0 Å². The molecule has 0 saturated carbocycles. The number of ether oxygens (including phenoxy) is 1. The Balaban J connectivity index is 1.63. The van der Waals surface area contributed by atoms with E-state index in [1.807, 2.05) is 24.8 Å². The highest BCUT2D eigenvalue weighted by Crippen LogP contribution is 2.21. The van der Waals surface area contributed by atoms with Crippen LogP contribution in [0.3, 0.4) is 0 Å². The molecule has 3 rings (SSSR count). The van der Waals surface area contributed by atoms with Gasteiger partial charge in [-0.15, -0.1) is 0 Å². The molecule has 2 aromatic rings. The predicted molar refractivity (Wildman–Crippen MR) is 85.8 cm³/mol. The van der Waals surface area contributed by atoms with Gasteiger partial charge in [0.1, 0.15) is 0 Å². The molecule has 5 heteroatoms. The Morgan fingerprint density at radius 3 is 2.59 bits per heavy atom. The van der Waals surface area contributed by atoms with E-state index in [-0.39, 0.29) is 6.04 Å². The average molecular weight is 298 g/mol. The van der Waals surface area contributed by atoms with Gasteiger partial charge in [0, 0.05) is 30.7 Å². The average Bonchev–Trinajstić information content (AvgIpc) is 2.96. The number of nitrogens with zero attached hydrogens (tertiary/aromatic N) is 3. The highest BCUT2D eigenvalue weighted by molar-refractivity contribution is 5.28. The molecule has 0 amide bonds. The summed E-state index contributed by atoms with van der Waals surface area (Å²) in [4.78, 5) is 12.9. The fourth-order valence-corrected chi connectivity index (χ4v) is 2.66. The minimum Gasteiger partial charge on any atom is -0.379 e. The number of anilines is 1. The zero-order valence-electron chi connectivity index (χ0n) is 13.1. The summed E-state index contributed by atoms with van der Waals surface area (Å²) in [5.74, 6) is 1.55. The second-order valence-corrected chi connectivity index (χ2v) is 6.10. The van der Waals surface area contributed by atoms with Crippen LogP contribution >= 0.6 is 0 Å². The molecule has 0 radical (unpaired) electrons. The zero-order chi connectivity index (χ0) is 15.4. The van der Waals surface area contributed by atoms with Gasteiger partial charge in [0.25, 0.3) is 0 Å². The van der Waals surface area contributed by atoms with Crippen LogP contribution in [0.4, 0.5) is 5.95 Å². The largest absolute Gasteiger partial charge is 0.379 e. The Labute approximate surface area is 131 Å². The van der Waals surface area contributed by atoms with Crippen LogP contribution in [0, 0.1) is 5.92 Å². The van der Waals surface area contributed by atoms with Crippen molar-refractivity contribution in [1.82, 2.24) is 15.0 Å². The van der Waals surface area contributed by atoms with Crippen LogP contribution in [0.15, 0.2) is 36.9 Å². The second kappa shape index (κ2) is 6.83. The van der Waals surface area contributed by atoms with Crippen molar-refractivity contribution in [2.24, 2.45) is 5.92 Å². The van der Waals surface area contributed by atoms with Crippen molar-refractivity contribution in [3.63, 3.8) is 0 Å². The van der Waals surface area contributed by atoms with E-state index < -0.39 is 0 Å². The first-order valence-corrected chi connectivity index (χ1v) is 7.77. The molecule has 5 nitrogen and oxygen atoms in total. The van der Waals surface area contributed by atoms with Gasteiger partial charge in [0.05, 0.1) is 19.3 Å². The van der Waals surface area contributed by atoms with Crippen LogP contribution in [-0.2, 0) is 11.2 Å². The monoisotopic (exact) mass is 298 g/mol. The molecule has 1 aliphatic heterocycles. The lowest BCUT2D eigenvalue weighted by Crippen LogP contribution is -2.30. The molecule has 0 bridgehead atoms. The number of rotatable bonds is 5. The summed E-state index contributed by atoms with van der Waals surface area (Å²) >= 11 is 0. The SMILES string of the molecule is CC(C)c1cnc(N[C@H]2COC[C@H]2Cc2ccncc2)nc1. The van der Waals surface area contributed by atoms with E-state index in [9.17, 15) is 0 Å². The van der Waals surface area contributed by atoms with E-state index in [1.54, 1.807) is 0 Å². The minimum absolute atomic E-state index is 0.248. The first kappa shape index (κ1) is 14.9. The lowest BCUT2D eigenvalue weighted by molar-refractivity contribution is 0.185. The first-order chi connectivity index (χ1) is 10.7. The van der Waals surface area contributed by atoms with Gasteiger partial charge in [-0.1, -0.05) is 13.8 Å². The van der Waals surface area contributed by atoms with Gasteiger partial charge >= 0.3 is 0 Å². The smallest absolute Gasteiger partial charge is 0.222 e. The lowest BCUT2D eigenvalue weighted by Gasteiger charge is -2.19. The molecule has 0 aromatic carbocycles. The molecule has 0 unspecified atom stereocenters. The second-order valence-electron chi connectivity index (χ2n) is 6.10. The third kappa shape index (κ3) is 3.60. The summed E-state index contributed by atoms with van der Waals surface area (Å²) in [5.41, 5.74) is 2.44. The van der Waals surface area contributed by atoms with Crippen molar-refractivity contribution in [3.8, 4) is 0 Å². The van der Waals surface area contributed by atoms with Gasteiger partial charge in [-0.3, -0.25) is 4.98 Å². The van der Waals surface area contributed by atoms with Gasteiger partial charge in [-0.25, -0.2) is 9.97 Å². The Bertz CT molecular complexity index is 585. The molecule has 1 aliphatic rings. The van der Waals surface area contributed by atoms with Crippen LogP contribution in [0.1, 0.15) is 30.9 Å². The first-order valence-electron chi connectivity index (χ1n) is 7.77. The molecular weight excluding hydrogens is 276 g/mol. The van der Waals surface area contributed by atoms with Gasteiger partial charge in [0.2, 0.25) is 5.95 Å². The molecule has 0 spiro atoms. The quantitative estimate of drug-likeness (QED) is 0.919. The third-order valence-corrected chi connectivity index (χ3v) is 4.10. The summed E-state index contributed by atoms with van der Waals surface area (Å²) in [5, 5.41) is 3.41. The molecule has 22 heavy (non-hydrogen) atoms. The maximum absolute atomic E-state index is 5.64. The van der Waals surface area contributed by atoms with Crippen LogP contribution in [0.5, 0.6) is 0 Å². The normalized spacial score (nSPS) is 21.2. The number of aromatic nitrogens is 3. The van der Waals surface area contributed by atoms with Crippen molar-refractivity contribution in [2.45, 2.75) is 32.2 Å². The molecule has 3 heterocycles. The summed E-state index contributed by atoms with van der Waals surface area (Å²) in [6, 6.07) is 4.37. The van der Waals surface area contributed by atoms with E-state index in [2.05, 4.69) is 46.2 Å². The van der Waals surface area contributed by atoms with E-state index in [4.69, 9.17) is 4.74 Å². The number of hydrogen-bond donors (Lipinski definition) is 1. The van der Waals surface area contributed by atoms with Crippen molar-refractivity contribution in [3.05, 3.63) is 48.0 Å². The number of nitrogens with one attached hydrogen (secondary N) is 1. The van der Waals surface area contributed by atoms with Gasteiger partial charge in [-0.05, 0) is 35.6 Å². The number of pyridine rings is 1. The summed E-state index contributed by atoms with van der Waals surface area (Å²) in [7, 11) is 0. The zero-order valence-corrected chi connectivity index (χ0v) is 13.1. The van der Waals surface area contributed by atoms with Crippen molar-refractivity contribution in [1.29, 1.82) is 0 Å². The molecule has 0 aliphatic carbocycles. The van der Waals surface area contributed by atoms with Gasteiger partial charge in [0.15, 0.2) is 0 Å². The topological polar surface area (TPSA) is 59.9 Å². The Morgan fingerprint density at radius 2 is 1.91 bits per heavy atom. The number of hydrogen-bond acceptors (Lipinski definition) is 5. The van der Waals surface area contributed by atoms with Crippen LogP contribution in [-0.4, -0.2) is 34.2 Å². The Hall–Kier alpha value is -2.01. The molecule has 1 N–H and O–H groups in total. The molecule has 1 saturated heterocycles. The molecule has 1 fully saturated rings. The van der Waals surface area contributed by atoms with Crippen LogP contribution < -0.4 is 5.32 Å². The standard InChI is InChI=1S/C17H22N4O/c1-12(2)15-8-19-17(20-9-15)21-16-11-22-10-14(16)7-13-3-5-18-6-4-13/h3-6,8-9,12,14,16H,7,10-11H2,1-2H3,(H,19,20,21)/t14-,16+/m1/s1.